The molecule has 0 atom stereocenters. The van der Waals surface area contributed by atoms with Crippen LogP contribution in [0.5, 0.6) is 5.75 Å². The summed E-state index contributed by atoms with van der Waals surface area (Å²) < 4.78 is 5.10. The van der Waals surface area contributed by atoms with Crippen LogP contribution >= 0.6 is 0 Å². The van der Waals surface area contributed by atoms with Gasteiger partial charge in [0, 0.05) is 6.42 Å². The van der Waals surface area contributed by atoms with Crippen LogP contribution in [0, 0.1) is 0 Å². The van der Waals surface area contributed by atoms with E-state index in [9.17, 15) is 4.79 Å². The van der Waals surface area contributed by atoms with Crippen LogP contribution in [0.25, 0.3) is 5.70 Å². The molecule has 1 aliphatic rings. The fourth-order valence-corrected chi connectivity index (χ4v) is 1.73. The number of hydrazine groups is 1. The van der Waals surface area contributed by atoms with Crippen LogP contribution in [0.4, 0.5) is 0 Å². The zero-order chi connectivity index (χ0) is 12.3. The maximum absolute atomic E-state index is 11.5. The molecule has 1 aliphatic heterocycles. The lowest BCUT2D eigenvalue weighted by molar-refractivity contribution is -0.131. The molecule has 0 bridgehead atoms. The van der Waals surface area contributed by atoms with Crippen LogP contribution in [-0.4, -0.2) is 24.6 Å². The minimum atomic E-state index is 0.102. The normalized spacial score (nSPS) is 14.2. The van der Waals surface area contributed by atoms with Gasteiger partial charge in [-0.2, -0.15) is 0 Å². The minimum Gasteiger partial charge on any atom is -0.497 e. The first-order valence-electron chi connectivity index (χ1n) is 5.66. The van der Waals surface area contributed by atoms with Crippen molar-refractivity contribution in [2.45, 2.75) is 13.3 Å². The van der Waals surface area contributed by atoms with Gasteiger partial charge in [-0.3, -0.25) is 15.2 Å². The van der Waals surface area contributed by atoms with E-state index < -0.39 is 0 Å². The molecule has 17 heavy (non-hydrogen) atoms. The van der Waals surface area contributed by atoms with Crippen molar-refractivity contribution in [3.63, 3.8) is 0 Å². The van der Waals surface area contributed by atoms with Crippen LogP contribution in [0.1, 0.15) is 18.9 Å². The topological polar surface area (TPSA) is 41.6 Å². The predicted molar refractivity (Wildman–Crippen MR) is 66.1 cm³/mol. The quantitative estimate of drug-likeness (QED) is 0.864. The second-order valence-electron chi connectivity index (χ2n) is 3.82. The van der Waals surface area contributed by atoms with E-state index in [1.54, 1.807) is 12.1 Å². The summed E-state index contributed by atoms with van der Waals surface area (Å²) in [5.41, 5.74) is 5.12. The van der Waals surface area contributed by atoms with Gasteiger partial charge in [0.25, 0.3) is 0 Å². The third-order valence-electron chi connectivity index (χ3n) is 2.74. The van der Waals surface area contributed by atoms with Crippen molar-refractivity contribution < 1.29 is 9.53 Å². The molecule has 0 unspecified atom stereocenters. The summed E-state index contributed by atoms with van der Waals surface area (Å²) in [7, 11) is 1.64. The molecule has 2 rings (SSSR count). The minimum absolute atomic E-state index is 0.102. The molecule has 0 saturated carbocycles. The SMILES string of the molecule is CCC(=O)N1CC=C(c2ccc(OC)cc2)N1. The first-order chi connectivity index (χ1) is 8.24. The Kier molecular flexibility index (Phi) is 3.32. The summed E-state index contributed by atoms with van der Waals surface area (Å²) in [6.45, 7) is 2.48. The van der Waals surface area contributed by atoms with Crippen molar-refractivity contribution in [1.82, 2.24) is 10.4 Å². The molecule has 1 N–H and O–H groups in total. The first-order valence-corrected chi connectivity index (χ1v) is 5.66. The van der Waals surface area contributed by atoms with Crippen LogP contribution in [0.2, 0.25) is 0 Å². The molecule has 0 aliphatic carbocycles. The van der Waals surface area contributed by atoms with Crippen molar-refractivity contribution in [3.05, 3.63) is 35.9 Å². The Morgan fingerprint density at radius 3 is 2.71 bits per heavy atom. The van der Waals surface area contributed by atoms with Crippen molar-refractivity contribution in [1.29, 1.82) is 0 Å². The van der Waals surface area contributed by atoms with Gasteiger partial charge in [-0.1, -0.05) is 6.92 Å². The Balaban J connectivity index is 2.07. The molecule has 4 heteroatoms. The van der Waals surface area contributed by atoms with E-state index in [4.69, 9.17) is 4.74 Å². The summed E-state index contributed by atoms with van der Waals surface area (Å²) >= 11 is 0. The Morgan fingerprint density at radius 1 is 1.41 bits per heavy atom. The van der Waals surface area contributed by atoms with Gasteiger partial charge in [-0.25, -0.2) is 0 Å². The van der Waals surface area contributed by atoms with Gasteiger partial charge < -0.3 is 4.74 Å². The predicted octanol–water partition coefficient (Wildman–Crippen LogP) is 1.79. The van der Waals surface area contributed by atoms with Crippen molar-refractivity contribution >= 4 is 11.6 Å². The van der Waals surface area contributed by atoms with E-state index in [-0.39, 0.29) is 5.91 Å². The summed E-state index contributed by atoms with van der Waals surface area (Å²) in [6, 6.07) is 7.75. The standard InChI is InChI=1S/C13H16N2O2/c1-3-13(16)15-9-8-12(14-15)10-4-6-11(17-2)7-5-10/h4-8,14H,3,9H2,1-2H3. The summed E-state index contributed by atoms with van der Waals surface area (Å²) in [5, 5.41) is 1.62. The molecule has 0 saturated heterocycles. The highest BCUT2D eigenvalue weighted by atomic mass is 16.5. The maximum Gasteiger partial charge on any atom is 0.240 e. The zero-order valence-corrected chi connectivity index (χ0v) is 10.1. The number of nitrogens with zero attached hydrogens (tertiary/aromatic N) is 1. The molecular weight excluding hydrogens is 216 g/mol. The molecule has 1 aromatic carbocycles. The van der Waals surface area contributed by atoms with Crippen molar-refractivity contribution in [2.24, 2.45) is 0 Å². The zero-order valence-electron chi connectivity index (χ0n) is 10.1. The number of carbonyl (C=O) groups excluding carboxylic acids is 1. The summed E-state index contributed by atoms with van der Waals surface area (Å²) in [4.78, 5) is 11.5. The van der Waals surface area contributed by atoms with Gasteiger partial charge in [0.1, 0.15) is 5.75 Å². The number of nitrogens with one attached hydrogen (secondary N) is 1. The largest absolute Gasteiger partial charge is 0.497 e. The molecular formula is C13H16N2O2. The molecule has 0 spiro atoms. The Bertz CT molecular complexity index is 437. The van der Waals surface area contributed by atoms with E-state index >= 15 is 0 Å². The number of methoxy groups -OCH3 is 1. The molecule has 4 nitrogen and oxygen atoms in total. The van der Waals surface area contributed by atoms with Crippen LogP contribution in [0.15, 0.2) is 30.3 Å². The fraction of sp³-hybridized carbons (Fsp3) is 0.308. The van der Waals surface area contributed by atoms with Gasteiger partial charge in [0.15, 0.2) is 0 Å². The average Bonchev–Trinajstić information content (AvgIpc) is 2.87. The van der Waals surface area contributed by atoms with Gasteiger partial charge >= 0.3 is 0 Å². The van der Waals surface area contributed by atoms with E-state index in [2.05, 4.69) is 5.43 Å². The monoisotopic (exact) mass is 232 g/mol. The van der Waals surface area contributed by atoms with Crippen LogP contribution < -0.4 is 10.2 Å². The van der Waals surface area contributed by atoms with Gasteiger partial charge in [-0.05, 0) is 35.9 Å². The van der Waals surface area contributed by atoms with Crippen LogP contribution in [0.3, 0.4) is 0 Å². The highest BCUT2D eigenvalue weighted by Gasteiger charge is 2.17. The highest BCUT2D eigenvalue weighted by Crippen LogP contribution is 2.20. The van der Waals surface area contributed by atoms with Gasteiger partial charge in [-0.15, -0.1) is 0 Å². The number of rotatable bonds is 3. The molecule has 0 fully saturated rings. The number of hydrogen-bond donors (Lipinski definition) is 1. The summed E-state index contributed by atoms with van der Waals surface area (Å²) in [5.74, 6) is 0.929. The van der Waals surface area contributed by atoms with E-state index in [1.807, 2.05) is 37.3 Å². The number of benzene rings is 1. The number of amides is 1. The Labute approximate surface area is 101 Å². The Morgan fingerprint density at radius 2 is 2.12 bits per heavy atom. The Hall–Kier alpha value is -1.97. The third-order valence-corrected chi connectivity index (χ3v) is 2.74. The molecule has 0 radical (unpaired) electrons. The van der Waals surface area contributed by atoms with Crippen molar-refractivity contribution in [3.8, 4) is 5.75 Å². The lowest BCUT2D eigenvalue weighted by Crippen LogP contribution is -2.37. The lowest BCUT2D eigenvalue weighted by Gasteiger charge is -2.17. The summed E-state index contributed by atoms with van der Waals surface area (Å²) in [6.07, 6.45) is 2.52. The van der Waals surface area contributed by atoms with E-state index in [0.717, 1.165) is 17.0 Å². The van der Waals surface area contributed by atoms with Crippen LogP contribution in [-0.2, 0) is 4.79 Å². The molecule has 90 valence electrons. The first kappa shape index (κ1) is 11.5. The smallest absolute Gasteiger partial charge is 0.240 e. The number of carbonyl (C=O) groups is 1. The molecule has 1 aromatic rings. The van der Waals surface area contributed by atoms with Gasteiger partial charge in [0.05, 0.1) is 19.4 Å². The van der Waals surface area contributed by atoms with Crippen molar-refractivity contribution in [2.75, 3.05) is 13.7 Å². The molecule has 1 amide bonds. The molecule has 0 aromatic heterocycles. The second-order valence-corrected chi connectivity index (χ2v) is 3.82. The second kappa shape index (κ2) is 4.91. The third kappa shape index (κ3) is 2.41. The maximum atomic E-state index is 11.5. The number of hydrogen-bond acceptors (Lipinski definition) is 3. The van der Waals surface area contributed by atoms with E-state index in [1.165, 1.54) is 0 Å². The molecule has 1 heterocycles. The lowest BCUT2D eigenvalue weighted by atomic mass is 10.1. The fourth-order valence-electron chi connectivity index (χ4n) is 1.73. The average molecular weight is 232 g/mol. The number of ether oxygens (including phenoxy) is 1. The van der Waals surface area contributed by atoms with E-state index in [0.29, 0.717) is 13.0 Å². The van der Waals surface area contributed by atoms with Gasteiger partial charge in [0.2, 0.25) is 5.91 Å². The highest BCUT2D eigenvalue weighted by molar-refractivity contribution is 5.79.